The molecule has 18 heavy (non-hydrogen) atoms. The molecule has 0 unspecified atom stereocenters. The summed E-state index contributed by atoms with van der Waals surface area (Å²) in [5.41, 5.74) is 0. The van der Waals surface area contributed by atoms with Gasteiger partial charge in [-0.05, 0) is 49.4 Å². The summed E-state index contributed by atoms with van der Waals surface area (Å²) < 4.78 is 0. The number of hydrogen-bond acceptors (Lipinski definition) is 0. The van der Waals surface area contributed by atoms with Crippen LogP contribution in [0.25, 0.3) is 0 Å². The van der Waals surface area contributed by atoms with Gasteiger partial charge in [-0.25, -0.2) is 0 Å². The molecule has 3 aliphatic rings. The molecular formula is C18H31. The van der Waals surface area contributed by atoms with Crippen LogP contribution < -0.4 is 0 Å². The highest BCUT2D eigenvalue weighted by Crippen LogP contribution is 2.44. The van der Waals surface area contributed by atoms with Crippen molar-refractivity contribution in [1.82, 2.24) is 0 Å². The molecule has 1 radical (unpaired) electrons. The van der Waals surface area contributed by atoms with E-state index in [0.29, 0.717) is 0 Å². The predicted molar refractivity (Wildman–Crippen MR) is 78.4 cm³/mol. The Bertz CT molecular complexity index is 228. The standard InChI is InChI=1S/C18H31/c1-2-11-17(12-3-1)18(14-16-9-6-10-16)13-15-7-4-5-8-15/h15-17H,1-14H2. The third-order valence-electron chi connectivity index (χ3n) is 5.98. The van der Waals surface area contributed by atoms with Crippen LogP contribution in [-0.4, -0.2) is 0 Å². The lowest BCUT2D eigenvalue weighted by molar-refractivity contribution is 0.248. The molecule has 0 aromatic heterocycles. The van der Waals surface area contributed by atoms with Crippen molar-refractivity contribution >= 4 is 0 Å². The quantitative estimate of drug-likeness (QED) is 0.566. The van der Waals surface area contributed by atoms with Crippen molar-refractivity contribution in [2.24, 2.45) is 17.8 Å². The van der Waals surface area contributed by atoms with Crippen LogP contribution in [0.1, 0.15) is 89.9 Å². The van der Waals surface area contributed by atoms with Crippen LogP contribution in [0.4, 0.5) is 0 Å². The maximum absolute atomic E-state index is 2.03. The number of hydrogen-bond donors (Lipinski definition) is 0. The van der Waals surface area contributed by atoms with E-state index >= 15 is 0 Å². The Morgan fingerprint density at radius 2 is 1.06 bits per heavy atom. The van der Waals surface area contributed by atoms with Crippen molar-refractivity contribution in [1.29, 1.82) is 0 Å². The Labute approximate surface area is 114 Å². The second-order valence-electron chi connectivity index (χ2n) is 7.35. The van der Waals surface area contributed by atoms with Crippen molar-refractivity contribution < 1.29 is 0 Å². The first-order chi connectivity index (χ1) is 8.92. The largest absolute Gasteiger partial charge is 0.0533 e. The van der Waals surface area contributed by atoms with Gasteiger partial charge in [0.25, 0.3) is 0 Å². The zero-order chi connectivity index (χ0) is 12.2. The lowest BCUT2D eigenvalue weighted by Gasteiger charge is -2.36. The fourth-order valence-corrected chi connectivity index (χ4v) is 4.58. The molecule has 0 aromatic rings. The van der Waals surface area contributed by atoms with E-state index in [0.717, 1.165) is 17.8 Å². The van der Waals surface area contributed by atoms with Crippen molar-refractivity contribution in [3.05, 3.63) is 5.92 Å². The van der Waals surface area contributed by atoms with E-state index < -0.39 is 0 Å². The van der Waals surface area contributed by atoms with Gasteiger partial charge in [-0.15, -0.1) is 0 Å². The molecule has 3 aliphatic carbocycles. The molecule has 0 amide bonds. The van der Waals surface area contributed by atoms with Crippen LogP contribution in [0.3, 0.4) is 0 Å². The summed E-state index contributed by atoms with van der Waals surface area (Å²) >= 11 is 0. The molecule has 0 aromatic carbocycles. The summed E-state index contributed by atoms with van der Waals surface area (Å²) in [4.78, 5) is 0. The highest BCUT2D eigenvalue weighted by Gasteiger charge is 2.31. The van der Waals surface area contributed by atoms with Gasteiger partial charge in [-0.2, -0.15) is 0 Å². The topological polar surface area (TPSA) is 0 Å². The molecule has 0 aliphatic heterocycles. The van der Waals surface area contributed by atoms with E-state index in [1.807, 2.05) is 5.92 Å². The summed E-state index contributed by atoms with van der Waals surface area (Å²) in [5, 5.41) is 0. The minimum Gasteiger partial charge on any atom is -0.0533 e. The second kappa shape index (κ2) is 6.44. The summed E-state index contributed by atoms with van der Waals surface area (Å²) in [5.74, 6) is 5.26. The molecule has 0 saturated heterocycles. The second-order valence-corrected chi connectivity index (χ2v) is 7.35. The lowest BCUT2D eigenvalue weighted by Crippen LogP contribution is -2.23. The van der Waals surface area contributed by atoms with Gasteiger partial charge in [0.1, 0.15) is 0 Å². The van der Waals surface area contributed by atoms with Gasteiger partial charge in [0.2, 0.25) is 0 Å². The zero-order valence-corrected chi connectivity index (χ0v) is 12.1. The highest BCUT2D eigenvalue weighted by molar-refractivity contribution is 5.01. The summed E-state index contributed by atoms with van der Waals surface area (Å²) in [6.07, 6.45) is 21.4. The first-order valence-electron chi connectivity index (χ1n) is 8.76. The molecule has 3 saturated carbocycles. The molecular weight excluding hydrogens is 216 g/mol. The van der Waals surface area contributed by atoms with E-state index in [1.54, 1.807) is 25.7 Å². The number of rotatable bonds is 5. The summed E-state index contributed by atoms with van der Waals surface area (Å²) in [6.45, 7) is 0. The molecule has 0 heterocycles. The van der Waals surface area contributed by atoms with Crippen LogP contribution in [0.5, 0.6) is 0 Å². The first-order valence-corrected chi connectivity index (χ1v) is 8.76. The molecule has 0 heteroatoms. The van der Waals surface area contributed by atoms with Crippen molar-refractivity contribution in [2.45, 2.75) is 89.9 Å². The third kappa shape index (κ3) is 3.31. The average molecular weight is 247 g/mol. The van der Waals surface area contributed by atoms with E-state index in [2.05, 4.69) is 0 Å². The smallest absolute Gasteiger partial charge is 0.0205 e. The van der Waals surface area contributed by atoms with Gasteiger partial charge in [0.15, 0.2) is 0 Å². The van der Waals surface area contributed by atoms with Crippen LogP contribution >= 0.6 is 0 Å². The molecule has 103 valence electrons. The molecule has 3 fully saturated rings. The Kier molecular flexibility index (Phi) is 4.65. The Balaban J connectivity index is 1.54. The van der Waals surface area contributed by atoms with Crippen LogP contribution in [0.15, 0.2) is 0 Å². The van der Waals surface area contributed by atoms with Gasteiger partial charge >= 0.3 is 0 Å². The van der Waals surface area contributed by atoms with E-state index in [9.17, 15) is 0 Å². The van der Waals surface area contributed by atoms with Crippen LogP contribution in [0.2, 0.25) is 0 Å². The van der Waals surface area contributed by atoms with Gasteiger partial charge in [0.05, 0.1) is 0 Å². The summed E-state index contributed by atoms with van der Waals surface area (Å²) in [6, 6.07) is 0. The van der Waals surface area contributed by atoms with Gasteiger partial charge < -0.3 is 0 Å². The molecule has 3 rings (SSSR count). The van der Waals surface area contributed by atoms with Crippen molar-refractivity contribution in [3.8, 4) is 0 Å². The molecule has 0 nitrogen and oxygen atoms in total. The van der Waals surface area contributed by atoms with Crippen molar-refractivity contribution in [3.63, 3.8) is 0 Å². The summed E-state index contributed by atoms with van der Waals surface area (Å²) in [7, 11) is 0. The normalized spacial score (nSPS) is 27.8. The van der Waals surface area contributed by atoms with E-state index in [-0.39, 0.29) is 0 Å². The maximum atomic E-state index is 2.03. The fourth-order valence-electron chi connectivity index (χ4n) is 4.58. The maximum Gasteiger partial charge on any atom is -0.0205 e. The lowest BCUT2D eigenvalue weighted by atomic mass is 9.69. The Hall–Kier alpha value is 0. The molecule has 0 N–H and O–H groups in total. The monoisotopic (exact) mass is 247 g/mol. The molecule has 0 spiro atoms. The van der Waals surface area contributed by atoms with Crippen LogP contribution in [-0.2, 0) is 0 Å². The van der Waals surface area contributed by atoms with E-state index in [1.165, 1.54) is 64.2 Å². The van der Waals surface area contributed by atoms with Gasteiger partial charge in [-0.1, -0.05) is 64.2 Å². The third-order valence-corrected chi connectivity index (χ3v) is 5.98. The molecule has 0 bridgehead atoms. The van der Waals surface area contributed by atoms with Crippen LogP contribution in [0, 0.1) is 23.7 Å². The predicted octanol–water partition coefficient (Wildman–Crippen LogP) is 5.91. The van der Waals surface area contributed by atoms with Gasteiger partial charge in [-0.3, -0.25) is 0 Å². The average Bonchev–Trinajstić information content (AvgIpc) is 2.86. The fraction of sp³-hybridized carbons (Fsp3) is 0.944. The van der Waals surface area contributed by atoms with E-state index in [4.69, 9.17) is 0 Å². The highest BCUT2D eigenvalue weighted by atomic mass is 14.4. The van der Waals surface area contributed by atoms with Gasteiger partial charge in [0, 0.05) is 0 Å². The Morgan fingerprint density at radius 1 is 0.556 bits per heavy atom. The molecule has 0 atom stereocenters. The first kappa shape index (κ1) is 13.0. The SMILES string of the molecule is C1CCC([C](CC2CCCC2)CC2CCC2)CC1. The minimum atomic E-state index is 1.04. The Morgan fingerprint density at radius 3 is 1.56 bits per heavy atom. The minimum absolute atomic E-state index is 1.04. The van der Waals surface area contributed by atoms with Crippen molar-refractivity contribution in [2.75, 3.05) is 0 Å². The zero-order valence-electron chi connectivity index (χ0n) is 12.1.